The molecule has 108 valence electrons. The molecule has 0 unspecified atom stereocenters. The summed E-state index contributed by atoms with van der Waals surface area (Å²) in [7, 11) is 0. The van der Waals surface area contributed by atoms with E-state index in [9.17, 15) is 14.9 Å². The van der Waals surface area contributed by atoms with E-state index < -0.39 is 4.92 Å². The van der Waals surface area contributed by atoms with Crippen molar-refractivity contribution >= 4 is 17.3 Å². The number of benzene rings is 1. The van der Waals surface area contributed by atoms with Crippen molar-refractivity contribution in [1.29, 1.82) is 0 Å². The van der Waals surface area contributed by atoms with Crippen molar-refractivity contribution in [2.24, 2.45) is 0 Å². The van der Waals surface area contributed by atoms with Gasteiger partial charge < -0.3 is 10.6 Å². The molecule has 0 spiro atoms. The molecular weight excluding hydrogens is 258 g/mol. The van der Waals surface area contributed by atoms with Gasteiger partial charge in [0.2, 0.25) is 0 Å². The van der Waals surface area contributed by atoms with Gasteiger partial charge in [-0.05, 0) is 31.4 Å². The summed E-state index contributed by atoms with van der Waals surface area (Å²) < 4.78 is 0. The minimum atomic E-state index is -0.456. The second-order valence-corrected chi connectivity index (χ2v) is 5.02. The van der Waals surface area contributed by atoms with Gasteiger partial charge in [-0.25, -0.2) is 0 Å². The smallest absolute Gasteiger partial charge is 0.293 e. The highest BCUT2D eigenvalue weighted by Gasteiger charge is 2.25. The van der Waals surface area contributed by atoms with E-state index in [1.807, 2.05) is 0 Å². The third-order valence-electron chi connectivity index (χ3n) is 3.21. The molecule has 2 rings (SSSR count). The number of nitro benzene ring substituents is 1. The Balaban J connectivity index is 2.13. The van der Waals surface area contributed by atoms with Crippen molar-refractivity contribution in [2.45, 2.75) is 38.6 Å². The SMILES string of the molecule is CCCCNc1ccc(C(=O)NC2CC2)cc1[N+](=O)[O-]. The highest BCUT2D eigenvalue weighted by atomic mass is 16.6. The maximum atomic E-state index is 11.9. The molecule has 20 heavy (non-hydrogen) atoms. The first-order chi connectivity index (χ1) is 9.61. The average Bonchev–Trinajstić information content (AvgIpc) is 3.23. The first-order valence-electron chi connectivity index (χ1n) is 6.95. The molecule has 1 saturated carbocycles. The summed E-state index contributed by atoms with van der Waals surface area (Å²) in [6.45, 7) is 2.74. The van der Waals surface area contributed by atoms with Crippen molar-refractivity contribution in [1.82, 2.24) is 5.32 Å². The number of nitro groups is 1. The molecule has 0 heterocycles. The summed E-state index contributed by atoms with van der Waals surface area (Å²) in [6, 6.07) is 4.81. The first kappa shape index (κ1) is 14.3. The highest BCUT2D eigenvalue weighted by molar-refractivity contribution is 5.96. The van der Waals surface area contributed by atoms with Gasteiger partial charge in [0, 0.05) is 24.2 Å². The lowest BCUT2D eigenvalue weighted by Gasteiger charge is -2.08. The molecule has 6 heteroatoms. The number of unbranched alkanes of at least 4 members (excludes halogenated alkanes) is 1. The largest absolute Gasteiger partial charge is 0.379 e. The number of carbonyl (C=O) groups excluding carboxylic acids is 1. The fourth-order valence-corrected chi connectivity index (χ4v) is 1.87. The van der Waals surface area contributed by atoms with Gasteiger partial charge in [-0.2, -0.15) is 0 Å². The fraction of sp³-hybridized carbons (Fsp3) is 0.500. The Morgan fingerprint density at radius 3 is 2.80 bits per heavy atom. The van der Waals surface area contributed by atoms with Crippen LogP contribution in [0.1, 0.15) is 43.0 Å². The van der Waals surface area contributed by atoms with E-state index in [4.69, 9.17) is 0 Å². The summed E-state index contributed by atoms with van der Waals surface area (Å²) in [5, 5.41) is 17.0. The van der Waals surface area contributed by atoms with Gasteiger partial charge in [0.25, 0.3) is 11.6 Å². The zero-order valence-electron chi connectivity index (χ0n) is 11.5. The second-order valence-electron chi connectivity index (χ2n) is 5.02. The standard InChI is InChI=1S/C14H19N3O3/c1-2-3-8-15-12-7-4-10(9-13(12)17(19)20)14(18)16-11-5-6-11/h4,7,9,11,15H,2-3,5-6,8H2,1H3,(H,16,18). The Hall–Kier alpha value is -2.11. The zero-order chi connectivity index (χ0) is 14.5. The number of nitrogens with zero attached hydrogens (tertiary/aromatic N) is 1. The molecule has 0 atom stereocenters. The molecule has 2 N–H and O–H groups in total. The van der Waals surface area contributed by atoms with Crippen molar-refractivity contribution in [2.75, 3.05) is 11.9 Å². The molecule has 1 amide bonds. The Labute approximate surface area is 117 Å². The topological polar surface area (TPSA) is 84.3 Å². The maximum absolute atomic E-state index is 11.9. The van der Waals surface area contributed by atoms with Gasteiger partial charge in [-0.3, -0.25) is 14.9 Å². The number of rotatable bonds is 7. The van der Waals surface area contributed by atoms with Crippen LogP contribution in [0.4, 0.5) is 11.4 Å². The molecule has 1 aliphatic carbocycles. The van der Waals surface area contributed by atoms with Gasteiger partial charge in [0.1, 0.15) is 5.69 Å². The lowest BCUT2D eigenvalue weighted by molar-refractivity contribution is -0.384. The normalized spacial score (nSPS) is 13.8. The number of hydrogen-bond donors (Lipinski definition) is 2. The van der Waals surface area contributed by atoms with Crippen LogP contribution in [0.5, 0.6) is 0 Å². The Bertz CT molecular complexity index is 512. The summed E-state index contributed by atoms with van der Waals surface area (Å²) in [6.07, 6.45) is 3.94. The van der Waals surface area contributed by atoms with Gasteiger partial charge in [-0.15, -0.1) is 0 Å². The maximum Gasteiger partial charge on any atom is 0.293 e. The Morgan fingerprint density at radius 2 is 2.20 bits per heavy atom. The predicted molar refractivity (Wildman–Crippen MR) is 77.0 cm³/mol. The van der Waals surface area contributed by atoms with Crippen LogP contribution in [0.15, 0.2) is 18.2 Å². The third kappa shape index (κ3) is 3.69. The van der Waals surface area contributed by atoms with Crippen LogP contribution in [-0.2, 0) is 0 Å². The van der Waals surface area contributed by atoms with Crippen molar-refractivity contribution in [3.05, 3.63) is 33.9 Å². The molecule has 0 radical (unpaired) electrons. The summed E-state index contributed by atoms with van der Waals surface area (Å²) in [4.78, 5) is 22.5. The molecule has 1 aliphatic rings. The molecular formula is C14H19N3O3. The van der Waals surface area contributed by atoms with Crippen LogP contribution in [0.2, 0.25) is 0 Å². The second kappa shape index (κ2) is 6.36. The van der Waals surface area contributed by atoms with E-state index in [0.29, 0.717) is 17.8 Å². The van der Waals surface area contributed by atoms with E-state index in [0.717, 1.165) is 25.7 Å². The Morgan fingerprint density at radius 1 is 1.45 bits per heavy atom. The number of nitrogens with one attached hydrogen (secondary N) is 2. The average molecular weight is 277 g/mol. The van der Waals surface area contributed by atoms with Crippen LogP contribution >= 0.6 is 0 Å². The van der Waals surface area contributed by atoms with E-state index in [1.165, 1.54) is 6.07 Å². The Kier molecular flexibility index (Phi) is 4.55. The van der Waals surface area contributed by atoms with Crippen molar-refractivity contribution in [3.63, 3.8) is 0 Å². The quantitative estimate of drug-likeness (QED) is 0.456. The molecule has 0 aromatic heterocycles. The minimum Gasteiger partial charge on any atom is -0.379 e. The monoisotopic (exact) mass is 277 g/mol. The molecule has 1 fully saturated rings. The third-order valence-corrected chi connectivity index (χ3v) is 3.21. The van der Waals surface area contributed by atoms with E-state index in [-0.39, 0.29) is 17.6 Å². The van der Waals surface area contributed by atoms with Gasteiger partial charge in [0.15, 0.2) is 0 Å². The van der Waals surface area contributed by atoms with Gasteiger partial charge in [-0.1, -0.05) is 13.3 Å². The molecule has 0 aliphatic heterocycles. The number of carbonyl (C=O) groups is 1. The highest BCUT2D eigenvalue weighted by Crippen LogP contribution is 2.26. The predicted octanol–water partition coefficient (Wildman–Crippen LogP) is 2.70. The van der Waals surface area contributed by atoms with Crippen LogP contribution in [-0.4, -0.2) is 23.4 Å². The molecule has 0 bridgehead atoms. The zero-order valence-corrected chi connectivity index (χ0v) is 11.5. The van der Waals surface area contributed by atoms with Crippen LogP contribution in [0.3, 0.4) is 0 Å². The van der Waals surface area contributed by atoms with Crippen LogP contribution in [0, 0.1) is 10.1 Å². The number of amides is 1. The molecule has 0 saturated heterocycles. The van der Waals surface area contributed by atoms with E-state index in [1.54, 1.807) is 12.1 Å². The summed E-state index contributed by atoms with van der Waals surface area (Å²) >= 11 is 0. The van der Waals surface area contributed by atoms with E-state index in [2.05, 4.69) is 17.6 Å². The van der Waals surface area contributed by atoms with Crippen LogP contribution < -0.4 is 10.6 Å². The molecule has 1 aromatic carbocycles. The van der Waals surface area contributed by atoms with E-state index >= 15 is 0 Å². The fourth-order valence-electron chi connectivity index (χ4n) is 1.87. The lowest BCUT2D eigenvalue weighted by Crippen LogP contribution is -2.25. The number of hydrogen-bond acceptors (Lipinski definition) is 4. The molecule has 1 aromatic rings. The first-order valence-corrected chi connectivity index (χ1v) is 6.95. The van der Waals surface area contributed by atoms with Crippen molar-refractivity contribution < 1.29 is 9.72 Å². The lowest BCUT2D eigenvalue weighted by atomic mass is 10.1. The molecule has 6 nitrogen and oxygen atoms in total. The van der Waals surface area contributed by atoms with Gasteiger partial charge >= 0.3 is 0 Å². The summed E-state index contributed by atoms with van der Waals surface area (Å²) in [5.41, 5.74) is 0.751. The number of anilines is 1. The minimum absolute atomic E-state index is 0.0513. The van der Waals surface area contributed by atoms with Crippen LogP contribution in [0.25, 0.3) is 0 Å². The van der Waals surface area contributed by atoms with Gasteiger partial charge in [0.05, 0.1) is 4.92 Å². The summed E-state index contributed by atoms with van der Waals surface area (Å²) in [5.74, 6) is -0.240. The van der Waals surface area contributed by atoms with Crippen molar-refractivity contribution in [3.8, 4) is 0 Å².